The Kier molecular flexibility index (Phi) is 15.6. The Hall–Kier alpha value is -6.17. The summed E-state index contributed by atoms with van der Waals surface area (Å²) in [5, 5.41) is 17.2. The first-order valence-corrected chi connectivity index (χ1v) is 18.0. The van der Waals surface area contributed by atoms with Gasteiger partial charge in [-0.15, -0.1) is 0 Å². The summed E-state index contributed by atoms with van der Waals surface area (Å²) >= 11 is 0. The number of esters is 1. The van der Waals surface area contributed by atoms with Gasteiger partial charge >= 0.3 is 11.9 Å². The van der Waals surface area contributed by atoms with Gasteiger partial charge in [0.05, 0.1) is 25.7 Å². The molecule has 4 aromatic carbocycles. The number of ether oxygens (including phenoxy) is 3. The van der Waals surface area contributed by atoms with Crippen LogP contribution in [0.25, 0.3) is 0 Å². The standard InChI is InChI=1S/C42H47N3O9/c1-4-5-6-7-8-25-53-35-23-15-32(16-24-35)42(51)54-36-21-11-29(12-22-36)26-37(40(48)43-28(2)41(49)50)45-39(47)31-13-17-33(18-14-31)44-38(46)27-30-9-19-34(52-3)20-10-30/h9-24,28,37H,4-8,25-27H2,1-3H3,(H,43,48)(H,44,46)(H,45,47)(H,49,50)/t28-,37?/m0/s1. The summed E-state index contributed by atoms with van der Waals surface area (Å²) in [5.74, 6) is -1.66. The number of carbonyl (C=O) groups excluding carboxylic acids is 4. The number of hydrogen-bond donors (Lipinski definition) is 4. The number of unbranched alkanes of at least 4 members (excludes halogenated alkanes) is 4. The molecule has 3 amide bonds. The molecule has 54 heavy (non-hydrogen) atoms. The number of carbonyl (C=O) groups is 5. The molecular formula is C42H47N3O9. The lowest BCUT2D eigenvalue weighted by molar-refractivity contribution is -0.141. The van der Waals surface area contributed by atoms with Crippen molar-refractivity contribution in [2.45, 2.75) is 70.9 Å². The van der Waals surface area contributed by atoms with Gasteiger partial charge in [0.15, 0.2) is 0 Å². The van der Waals surface area contributed by atoms with Crippen LogP contribution < -0.4 is 30.2 Å². The van der Waals surface area contributed by atoms with E-state index in [1.807, 2.05) is 0 Å². The first-order chi connectivity index (χ1) is 26.0. The number of methoxy groups -OCH3 is 1. The Labute approximate surface area is 315 Å². The maximum atomic E-state index is 13.3. The van der Waals surface area contributed by atoms with Gasteiger partial charge in [0.25, 0.3) is 5.91 Å². The highest BCUT2D eigenvalue weighted by atomic mass is 16.5. The van der Waals surface area contributed by atoms with Crippen molar-refractivity contribution in [2.24, 2.45) is 0 Å². The zero-order valence-electron chi connectivity index (χ0n) is 30.8. The molecule has 0 saturated heterocycles. The lowest BCUT2D eigenvalue weighted by atomic mass is 10.0. The van der Waals surface area contributed by atoms with Crippen LogP contribution in [0.3, 0.4) is 0 Å². The van der Waals surface area contributed by atoms with Gasteiger partial charge in [0.2, 0.25) is 11.8 Å². The molecule has 0 aliphatic carbocycles. The van der Waals surface area contributed by atoms with Gasteiger partial charge in [0, 0.05) is 17.7 Å². The molecule has 0 heterocycles. The highest BCUT2D eigenvalue weighted by Crippen LogP contribution is 2.19. The van der Waals surface area contributed by atoms with E-state index in [2.05, 4.69) is 22.9 Å². The number of hydrogen-bond acceptors (Lipinski definition) is 8. The smallest absolute Gasteiger partial charge is 0.343 e. The van der Waals surface area contributed by atoms with Gasteiger partial charge in [-0.25, -0.2) is 4.79 Å². The van der Waals surface area contributed by atoms with Crippen molar-refractivity contribution in [1.82, 2.24) is 10.6 Å². The maximum Gasteiger partial charge on any atom is 0.343 e. The number of amides is 3. The fourth-order valence-electron chi connectivity index (χ4n) is 5.34. The Bertz CT molecular complexity index is 1840. The third-order valence-electron chi connectivity index (χ3n) is 8.49. The number of carboxylic acids is 1. The summed E-state index contributed by atoms with van der Waals surface area (Å²) < 4.78 is 16.4. The number of aliphatic carboxylic acids is 1. The largest absolute Gasteiger partial charge is 0.497 e. The van der Waals surface area contributed by atoms with Crippen LogP contribution in [0, 0.1) is 0 Å². The molecular weight excluding hydrogens is 690 g/mol. The Morgan fingerprint density at radius 2 is 1.28 bits per heavy atom. The van der Waals surface area contributed by atoms with Crippen LogP contribution in [0.5, 0.6) is 17.2 Å². The van der Waals surface area contributed by atoms with Crippen LogP contribution in [-0.4, -0.2) is 60.6 Å². The highest BCUT2D eigenvalue weighted by Gasteiger charge is 2.25. The van der Waals surface area contributed by atoms with Crippen LogP contribution in [-0.2, 0) is 27.2 Å². The zero-order chi connectivity index (χ0) is 38.9. The van der Waals surface area contributed by atoms with Gasteiger partial charge < -0.3 is 35.3 Å². The third-order valence-corrected chi connectivity index (χ3v) is 8.49. The zero-order valence-corrected chi connectivity index (χ0v) is 30.8. The first kappa shape index (κ1) is 40.6. The van der Waals surface area contributed by atoms with Crippen LogP contribution in [0.2, 0.25) is 0 Å². The normalized spacial score (nSPS) is 11.8. The number of anilines is 1. The molecule has 12 heteroatoms. The molecule has 4 aromatic rings. The minimum Gasteiger partial charge on any atom is -0.497 e. The van der Waals surface area contributed by atoms with Gasteiger partial charge in [-0.2, -0.15) is 0 Å². The predicted molar refractivity (Wildman–Crippen MR) is 204 cm³/mol. The van der Waals surface area contributed by atoms with Crippen LogP contribution in [0.15, 0.2) is 97.1 Å². The molecule has 1 unspecified atom stereocenters. The summed E-state index contributed by atoms with van der Waals surface area (Å²) in [4.78, 5) is 63.2. The monoisotopic (exact) mass is 737 g/mol. The van der Waals surface area contributed by atoms with Gasteiger partial charge in [-0.3, -0.25) is 19.2 Å². The van der Waals surface area contributed by atoms with Crippen LogP contribution in [0.4, 0.5) is 5.69 Å². The molecule has 12 nitrogen and oxygen atoms in total. The topological polar surface area (TPSA) is 169 Å². The van der Waals surface area contributed by atoms with E-state index in [1.165, 1.54) is 38.3 Å². The Morgan fingerprint density at radius 1 is 0.685 bits per heavy atom. The second-order valence-corrected chi connectivity index (χ2v) is 12.8. The van der Waals surface area contributed by atoms with E-state index < -0.39 is 35.8 Å². The van der Waals surface area contributed by atoms with E-state index in [1.54, 1.807) is 92.0 Å². The highest BCUT2D eigenvalue weighted by molar-refractivity contribution is 5.99. The predicted octanol–water partition coefficient (Wildman–Crippen LogP) is 6.38. The number of benzene rings is 4. The van der Waals surface area contributed by atoms with E-state index in [9.17, 15) is 29.1 Å². The minimum absolute atomic E-state index is 0.0116. The molecule has 0 aliphatic rings. The van der Waals surface area contributed by atoms with E-state index in [4.69, 9.17) is 14.2 Å². The molecule has 284 valence electrons. The Balaban J connectivity index is 1.34. The average Bonchev–Trinajstić information content (AvgIpc) is 3.17. The SMILES string of the molecule is CCCCCCCOc1ccc(C(=O)Oc2ccc(CC(NC(=O)c3ccc(NC(=O)Cc4ccc(OC)cc4)cc3)C(=O)N[C@@H](C)C(=O)O)cc2)cc1. The lowest BCUT2D eigenvalue weighted by Crippen LogP contribution is -2.51. The average molecular weight is 738 g/mol. The summed E-state index contributed by atoms with van der Waals surface area (Å²) in [7, 11) is 1.56. The summed E-state index contributed by atoms with van der Waals surface area (Å²) in [6, 6.07) is 24.1. The molecule has 0 aromatic heterocycles. The van der Waals surface area contributed by atoms with E-state index >= 15 is 0 Å². The quantitative estimate of drug-likeness (QED) is 0.0457. The molecule has 0 spiro atoms. The van der Waals surface area contributed by atoms with Crippen molar-refractivity contribution in [3.63, 3.8) is 0 Å². The van der Waals surface area contributed by atoms with Crippen LogP contribution in [0.1, 0.15) is 77.8 Å². The molecule has 0 bridgehead atoms. The molecule has 2 atom stereocenters. The van der Waals surface area contributed by atoms with E-state index in [0.717, 1.165) is 18.4 Å². The van der Waals surface area contributed by atoms with E-state index in [-0.39, 0.29) is 30.1 Å². The maximum absolute atomic E-state index is 13.3. The van der Waals surface area contributed by atoms with Crippen molar-refractivity contribution in [3.05, 3.63) is 119 Å². The van der Waals surface area contributed by atoms with Crippen molar-refractivity contribution in [1.29, 1.82) is 0 Å². The van der Waals surface area contributed by atoms with Crippen molar-refractivity contribution in [2.75, 3.05) is 19.0 Å². The molecule has 0 saturated carbocycles. The van der Waals surface area contributed by atoms with Gasteiger partial charge in [0.1, 0.15) is 29.3 Å². The number of nitrogens with one attached hydrogen (secondary N) is 3. The molecule has 0 aliphatic heterocycles. The summed E-state index contributed by atoms with van der Waals surface area (Å²) in [6.45, 7) is 4.11. The van der Waals surface area contributed by atoms with Crippen molar-refractivity contribution < 1.29 is 43.3 Å². The van der Waals surface area contributed by atoms with Crippen molar-refractivity contribution in [3.8, 4) is 17.2 Å². The van der Waals surface area contributed by atoms with Gasteiger partial charge in [-0.05, 0) is 97.3 Å². The first-order valence-electron chi connectivity index (χ1n) is 18.0. The molecule has 4 N–H and O–H groups in total. The molecule has 0 radical (unpaired) electrons. The minimum atomic E-state index is -1.23. The third kappa shape index (κ3) is 13.1. The Morgan fingerprint density at radius 3 is 1.91 bits per heavy atom. The molecule has 0 fully saturated rings. The number of carboxylic acid groups (broad SMARTS) is 1. The summed E-state index contributed by atoms with van der Waals surface area (Å²) in [6.07, 6.45) is 5.85. The second-order valence-electron chi connectivity index (χ2n) is 12.8. The van der Waals surface area contributed by atoms with Crippen molar-refractivity contribution >= 4 is 35.3 Å². The molecule has 4 rings (SSSR count). The van der Waals surface area contributed by atoms with E-state index in [0.29, 0.717) is 34.9 Å². The summed E-state index contributed by atoms with van der Waals surface area (Å²) in [5.41, 5.74) is 2.47. The van der Waals surface area contributed by atoms with Crippen LogP contribution >= 0.6 is 0 Å². The fraction of sp³-hybridized carbons (Fsp3) is 0.310. The van der Waals surface area contributed by atoms with Gasteiger partial charge in [-0.1, -0.05) is 56.9 Å². The fourth-order valence-corrected chi connectivity index (χ4v) is 5.34. The number of rotatable bonds is 20. The lowest BCUT2D eigenvalue weighted by Gasteiger charge is -2.20. The second kappa shape index (κ2) is 20.8.